The fourth-order valence-corrected chi connectivity index (χ4v) is 1.03. The Morgan fingerprint density at radius 2 is 1.25 bits per heavy atom. The van der Waals surface area contributed by atoms with E-state index in [0.717, 1.165) is 5.56 Å². The van der Waals surface area contributed by atoms with Crippen molar-refractivity contribution in [2.75, 3.05) is 0 Å². The molecule has 2 nitrogen and oxygen atoms in total. The molecule has 0 aliphatic carbocycles. The van der Waals surface area contributed by atoms with Crippen LogP contribution in [0.5, 0.6) is 0 Å². The van der Waals surface area contributed by atoms with Gasteiger partial charge in [0.05, 0.1) is 0 Å². The van der Waals surface area contributed by atoms with Gasteiger partial charge in [-0.1, -0.05) is 37.0 Å². The topological polar surface area (TPSA) is 25.8 Å². The summed E-state index contributed by atoms with van der Waals surface area (Å²) in [5.74, 6) is 0.598. The largest absolute Gasteiger partial charge is 0.221 e. The second kappa shape index (κ2) is 5.33. The summed E-state index contributed by atoms with van der Waals surface area (Å²) in [7, 11) is 0. The first kappa shape index (κ1) is 11.7. The van der Waals surface area contributed by atoms with Gasteiger partial charge in [0, 0.05) is 5.56 Å². The molecule has 0 amide bonds. The fraction of sp³-hybridized carbons (Fsp3) is 0.500. The molecule has 0 aliphatic heterocycles. The van der Waals surface area contributed by atoms with Crippen LogP contribution in [-0.2, 0) is 0 Å². The molecular weight excluding hydrogens is 195 g/mol. The number of nitrogens with zero attached hydrogens (tertiary/aromatic N) is 2. The average Bonchev–Trinajstić information content (AvgIpc) is 2.04. The van der Waals surface area contributed by atoms with Gasteiger partial charge in [0.25, 0.3) is 0 Å². The van der Waals surface area contributed by atoms with Gasteiger partial charge < -0.3 is 0 Å². The molecule has 0 atom stereocenters. The SMILES string of the molecule is CC.Cc1nc(Cl)c(C)c(Cl)n1. The Balaban J connectivity index is 0.000000561. The van der Waals surface area contributed by atoms with E-state index < -0.39 is 0 Å². The quantitative estimate of drug-likeness (QED) is 0.609. The van der Waals surface area contributed by atoms with Crippen molar-refractivity contribution in [2.24, 2.45) is 0 Å². The summed E-state index contributed by atoms with van der Waals surface area (Å²) < 4.78 is 0. The van der Waals surface area contributed by atoms with Gasteiger partial charge >= 0.3 is 0 Å². The fourth-order valence-electron chi connectivity index (χ4n) is 0.562. The normalized spacial score (nSPS) is 8.83. The van der Waals surface area contributed by atoms with Crippen molar-refractivity contribution in [3.63, 3.8) is 0 Å². The molecule has 1 aromatic rings. The monoisotopic (exact) mass is 206 g/mol. The van der Waals surface area contributed by atoms with E-state index in [4.69, 9.17) is 23.2 Å². The van der Waals surface area contributed by atoms with Gasteiger partial charge in [0.1, 0.15) is 16.1 Å². The van der Waals surface area contributed by atoms with E-state index in [1.807, 2.05) is 13.8 Å². The smallest absolute Gasteiger partial charge is 0.137 e. The molecule has 0 saturated carbocycles. The molecule has 0 fully saturated rings. The lowest BCUT2D eigenvalue weighted by Gasteiger charge is -1.98. The Kier molecular flexibility index (Phi) is 5.18. The zero-order chi connectivity index (χ0) is 9.72. The standard InChI is InChI=1S/C6H6Cl2N2.C2H6/c1-3-5(7)9-4(2)10-6(3)8;1-2/h1-2H3;1-2H3. The molecule has 0 saturated heterocycles. The molecule has 1 rings (SSSR count). The van der Waals surface area contributed by atoms with Crippen LogP contribution in [0.4, 0.5) is 0 Å². The molecule has 1 aromatic heterocycles. The molecule has 0 bridgehead atoms. The summed E-state index contributed by atoms with van der Waals surface area (Å²) in [4.78, 5) is 7.81. The zero-order valence-corrected chi connectivity index (χ0v) is 9.16. The van der Waals surface area contributed by atoms with Gasteiger partial charge in [-0.3, -0.25) is 0 Å². The molecule has 0 N–H and O–H groups in total. The Bertz CT molecular complexity index is 238. The third-order valence-electron chi connectivity index (χ3n) is 1.14. The van der Waals surface area contributed by atoms with Crippen LogP contribution in [0, 0.1) is 13.8 Å². The van der Waals surface area contributed by atoms with Gasteiger partial charge in [-0.05, 0) is 13.8 Å². The van der Waals surface area contributed by atoms with Crippen LogP contribution in [0.15, 0.2) is 0 Å². The van der Waals surface area contributed by atoms with Crippen molar-refractivity contribution in [1.82, 2.24) is 9.97 Å². The Morgan fingerprint density at radius 3 is 1.58 bits per heavy atom. The molecule has 1 heterocycles. The van der Waals surface area contributed by atoms with Crippen LogP contribution in [0.2, 0.25) is 10.3 Å². The van der Waals surface area contributed by atoms with Crippen molar-refractivity contribution >= 4 is 23.2 Å². The highest BCUT2D eigenvalue weighted by Crippen LogP contribution is 2.18. The predicted octanol–water partition coefficient (Wildman–Crippen LogP) is 3.43. The zero-order valence-electron chi connectivity index (χ0n) is 7.65. The molecular formula is C8H12Cl2N2. The van der Waals surface area contributed by atoms with Crippen LogP contribution in [0.1, 0.15) is 25.2 Å². The number of hydrogen-bond acceptors (Lipinski definition) is 2. The molecule has 4 heteroatoms. The lowest BCUT2D eigenvalue weighted by Crippen LogP contribution is -1.91. The van der Waals surface area contributed by atoms with E-state index in [2.05, 4.69) is 9.97 Å². The molecule has 0 spiro atoms. The Labute approximate surface area is 82.9 Å². The maximum atomic E-state index is 5.68. The molecule has 68 valence electrons. The highest BCUT2D eigenvalue weighted by molar-refractivity contribution is 6.34. The van der Waals surface area contributed by atoms with Gasteiger partial charge in [0.2, 0.25) is 0 Å². The molecule has 0 aliphatic rings. The third kappa shape index (κ3) is 2.95. The van der Waals surface area contributed by atoms with E-state index in [0.29, 0.717) is 16.1 Å². The molecule has 12 heavy (non-hydrogen) atoms. The summed E-state index contributed by atoms with van der Waals surface area (Å²) in [6, 6.07) is 0. The lowest BCUT2D eigenvalue weighted by atomic mass is 10.4. The highest BCUT2D eigenvalue weighted by Gasteiger charge is 2.03. The van der Waals surface area contributed by atoms with Crippen molar-refractivity contribution in [3.05, 3.63) is 21.7 Å². The summed E-state index contributed by atoms with van der Waals surface area (Å²) in [6.07, 6.45) is 0. The average molecular weight is 207 g/mol. The predicted molar refractivity (Wildman–Crippen MR) is 52.9 cm³/mol. The first-order valence-corrected chi connectivity index (χ1v) is 4.53. The van der Waals surface area contributed by atoms with Gasteiger partial charge in [0.15, 0.2) is 0 Å². The minimum Gasteiger partial charge on any atom is -0.221 e. The summed E-state index contributed by atoms with van der Waals surface area (Å²) >= 11 is 11.4. The van der Waals surface area contributed by atoms with Crippen LogP contribution in [-0.4, -0.2) is 9.97 Å². The summed E-state index contributed by atoms with van der Waals surface area (Å²) in [5.41, 5.74) is 0.730. The first-order valence-electron chi connectivity index (χ1n) is 3.77. The maximum absolute atomic E-state index is 5.68. The van der Waals surface area contributed by atoms with Crippen molar-refractivity contribution in [2.45, 2.75) is 27.7 Å². The molecule has 0 aromatic carbocycles. The van der Waals surface area contributed by atoms with E-state index in [-0.39, 0.29) is 0 Å². The van der Waals surface area contributed by atoms with Crippen LogP contribution < -0.4 is 0 Å². The van der Waals surface area contributed by atoms with E-state index in [1.54, 1.807) is 13.8 Å². The minimum absolute atomic E-state index is 0.428. The second-order valence-electron chi connectivity index (χ2n) is 1.98. The van der Waals surface area contributed by atoms with E-state index >= 15 is 0 Å². The number of aryl methyl sites for hydroxylation is 1. The van der Waals surface area contributed by atoms with Crippen molar-refractivity contribution < 1.29 is 0 Å². The second-order valence-corrected chi connectivity index (χ2v) is 2.69. The van der Waals surface area contributed by atoms with E-state index in [9.17, 15) is 0 Å². The minimum atomic E-state index is 0.428. The Morgan fingerprint density at radius 1 is 0.917 bits per heavy atom. The van der Waals surface area contributed by atoms with E-state index in [1.165, 1.54) is 0 Å². The van der Waals surface area contributed by atoms with Gasteiger partial charge in [-0.2, -0.15) is 0 Å². The number of hydrogen-bond donors (Lipinski definition) is 0. The Hall–Kier alpha value is -0.340. The number of halogens is 2. The van der Waals surface area contributed by atoms with Gasteiger partial charge in [-0.25, -0.2) is 9.97 Å². The first-order chi connectivity index (χ1) is 5.61. The number of rotatable bonds is 0. The van der Waals surface area contributed by atoms with Crippen LogP contribution >= 0.6 is 23.2 Å². The van der Waals surface area contributed by atoms with Crippen LogP contribution in [0.3, 0.4) is 0 Å². The van der Waals surface area contributed by atoms with Gasteiger partial charge in [-0.15, -0.1) is 0 Å². The maximum Gasteiger partial charge on any atom is 0.137 e. The summed E-state index contributed by atoms with van der Waals surface area (Å²) in [5, 5.41) is 0.856. The highest BCUT2D eigenvalue weighted by atomic mass is 35.5. The molecule has 0 radical (unpaired) electrons. The molecule has 0 unspecified atom stereocenters. The number of aromatic nitrogens is 2. The summed E-state index contributed by atoms with van der Waals surface area (Å²) in [6.45, 7) is 7.53. The third-order valence-corrected chi connectivity index (χ3v) is 1.87. The lowest BCUT2D eigenvalue weighted by molar-refractivity contribution is 1.03. The van der Waals surface area contributed by atoms with Crippen molar-refractivity contribution in [1.29, 1.82) is 0 Å². The van der Waals surface area contributed by atoms with Crippen LogP contribution in [0.25, 0.3) is 0 Å². The van der Waals surface area contributed by atoms with Crippen molar-refractivity contribution in [3.8, 4) is 0 Å².